The van der Waals surface area contributed by atoms with Crippen molar-refractivity contribution in [1.82, 2.24) is 14.8 Å². The Hall–Kier alpha value is -2.57. The quantitative estimate of drug-likeness (QED) is 0.291. The van der Waals surface area contributed by atoms with Crippen LogP contribution in [0, 0.1) is 5.41 Å². The first-order chi connectivity index (χ1) is 19.4. The summed E-state index contributed by atoms with van der Waals surface area (Å²) >= 11 is 0. The van der Waals surface area contributed by atoms with Crippen LogP contribution >= 0.6 is 0 Å². The summed E-state index contributed by atoms with van der Waals surface area (Å²) < 4.78 is 23.9. The van der Waals surface area contributed by atoms with Gasteiger partial charge in [0.15, 0.2) is 12.0 Å². The number of nitrogens with one attached hydrogen (secondary N) is 2. The maximum absolute atomic E-state index is 11.1. The zero-order valence-electron chi connectivity index (χ0n) is 25.7. The molecule has 5 rings (SSSR count). The largest absolute Gasteiger partial charge is 0.494 e. The van der Waals surface area contributed by atoms with E-state index < -0.39 is 18.3 Å². The summed E-state index contributed by atoms with van der Waals surface area (Å²) in [5.41, 5.74) is 1.65. The smallest absolute Gasteiger partial charge is 0.433 e. The van der Waals surface area contributed by atoms with E-state index >= 15 is 0 Å². The van der Waals surface area contributed by atoms with Crippen molar-refractivity contribution >= 4 is 30.8 Å². The van der Waals surface area contributed by atoms with Gasteiger partial charge in [-0.15, -0.1) is 0 Å². The van der Waals surface area contributed by atoms with Gasteiger partial charge in [0.1, 0.15) is 6.23 Å². The normalized spacial score (nSPS) is 22.7. The maximum Gasteiger partial charge on any atom is 0.494 e. The second-order valence-electron chi connectivity index (χ2n) is 12.4. The van der Waals surface area contributed by atoms with E-state index in [1.807, 2.05) is 39.8 Å². The minimum absolute atomic E-state index is 0.122. The number of hydrogen-bond acceptors (Lipinski definition) is 10. The van der Waals surface area contributed by atoms with E-state index in [0.29, 0.717) is 29.7 Å². The Morgan fingerprint density at radius 1 is 1.10 bits per heavy atom. The van der Waals surface area contributed by atoms with E-state index in [9.17, 15) is 4.79 Å². The number of aldehydes is 1. The van der Waals surface area contributed by atoms with Crippen LogP contribution in [0.4, 0.5) is 5.69 Å². The fourth-order valence-electron chi connectivity index (χ4n) is 5.07. The zero-order chi connectivity index (χ0) is 29.8. The molecule has 4 heterocycles. The van der Waals surface area contributed by atoms with Crippen molar-refractivity contribution in [3.63, 3.8) is 0 Å². The van der Waals surface area contributed by atoms with Gasteiger partial charge in [0, 0.05) is 61.9 Å². The van der Waals surface area contributed by atoms with Crippen LogP contribution in [0.25, 0.3) is 11.5 Å². The van der Waals surface area contributed by atoms with Gasteiger partial charge in [-0.3, -0.25) is 9.69 Å². The first kappa shape index (κ1) is 31.4. The number of aromatic nitrogens is 1. The van der Waals surface area contributed by atoms with Gasteiger partial charge in [0.05, 0.1) is 17.4 Å². The number of nitrogens with zero attached hydrogens (tertiary/aromatic N) is 3. The maximum atomic E-state index is 11.1. The molecule has 1 atom stereocenters. The van der Waals surface area contributed by atoms with E-state index in [1.165, 1.54) is 38.6 Å². The van der Waals surface area contributed by atoms with Crippen LogP contribution in [0.1, 0.15) is 76.9 Å². The number of likely N-dealkylation sites (N-methyl/N-ethyl adjacent to an activating group) is 1. The molecule has 0 saturated carbocycles. The molecule has 0 spiro atoms. The average molecular weight is 568 g/mol. The Labute approximate surface area is 244 Å². The van der Waals surface area contributed by atoms with Crippen LogP contribution in [-0.2, 0) is 14.0 Å². The summed E-state index contributed by atoms with van der Waals surface area (Å²) in [6.45, 7) is 18.2. The van der Waals surface area contributed by atoms with Gasteiger partial charge < -0.3 is 34.1 Å². The van der Waals surface area contributed by atoms with Crippen LogP contribution in [0.15, 0.2) is 22.7 Å². The van der Waals surface area contributed by atoms with Crippen molar-refractivity contribution in [3.8, 4) is 11.5 Å². The molecule has 1 aromatic carbocycles. The third-order valence-electron chi connectivity index (χ3n) is 8.51. The first-order valence-corrected chi connectivity index (χ1v) is 14.7. The van der Waals surface area contributed by atoms with Crippen molar-refractivity contribution in [2.24, 2.45) is 0 Å². The molecule has 11 heteroatoms. The molecule has 3 aliphatic heterocycles. The van der Waals surface area contributed by atoms with Crippen molar-refractivity contribution in [1.29, 1.82) is 5.41 Å². The minimum atomic E-state index is -0.600. The lowest BCUT2D eigenvalue weighted by molar-refractivity contribution is 0.00578. The molecule has 0 amide bonds. The highest BCUT2D eigenvalue weighted by atomic mass is 16.7. The molecule has 2 aromatic rings. The highest BCUT2D eigenvalue weighted by Crippen LogP contribution is 2.37. The Balaban J connectivity index is 0.000000328. The fourth-order valence-corrected chi connectivity index (χ4v) is 5.07. The number of carbonyl (C=O) groups excluding carboxylic acids is 1. The number of hydrogen-bond donors (Lipinski definition) is 2. The molecule has 2 N–H and O–H groups in total. The Morgan fingerprint density at radius 3 is 2.32 bits per heavy atom. The fraction of sp³-hybridized carbons (Fsp3) is 0.633. The number of piperazine rings is 1. The summed E-state index contributed by atoms with van der Waals surface area (Å²) in [6.07, 6.45) is 6.07. The second kappa shape index (κ2) is 13.2. The van der Waals surface area contributed by atoms with Gasteiger partial charge in [-0.25, -0.2) is 4.98 Å². The molecule has 10 nitrogen and oxygen atoms in total. The monoisotopic (exact) mass is 567 g/mol. The number of oxazole rings is 1. The van der Waals surface area contributed by atoms with E-state index in [2.05, 4.69) is 41.0 Å². The lowest BCUT2D eigenvalue weighted by Crippen LogP contribution is -2.47. The van der Waals surface area contributed by atoms with Crippen LogP contribution in [0.5, 0.6) is 0 Å². The van der Waals surface area contributed by atoms with Gasteiger partial charge in [-0.2, -0.15) is 0 Å². The lowest BCUT2D eigenvalue weighted by atomic mass is 9.77. The van der Waals surface area contributed by atoms with Gasteiger partial charge in [0.2, 0.25) is 5.89 Å². The summed E-state index contributed by atoms with van der Waals surface area (Å²) in [6, 6.07) is 4.50. The molecule has 1 aromatic heterocycles. The highest BCUT2D eigenvalue weighted by Gasteiger charge is 2.52. The molecule has 0 radical (unpaired) electrons. The SMILES string of the molecule is CC(C)N1CCN(C)CC1.CC1(C)OB(c2cc(NC3CCCCO3)c(C=N)c(-c3ncc(C=O)o3)c2)OC1(C)C. The lowest BCUT2D eigenvalue weighted by Gasteiger charge is -2.34. The molecule has 0 bridgehead atoms. The number of anilines is 1. The standard InChI is InChI=1S/C22H28BN3O5.C8H18N2/c1-21(2)22(3,4)31-23(30-21)14-9-16(20-25-12-15(13-27)29-20)17(11-24)18(10-14)26-19-7-5-6-8-28-19;1-8(2)10-6-4-9(3)5-7-10/h9-13,19,24,26H,5-8H2,1-4H3;8H,4-7H2,1-3H3. The molecule has 3 fully saturated rings. The third kappa shape index (κ3) is 7.45. The van der Waals surface area contributed by atoms with Crippen LogP contribution in [-0.4, -0.2) is 97.7 Å². The topological polar surface area (TPSA) is 113 Å². The highest BCUT2D eigenvalue weighted by molar-refractivity contribution is 6.62. The van der Waals surface area contributed by atoms with E-state index in [-0.39, 0.29) is 17.9 Å². The molecule has 41 heavy (non-hydrogen) atoms. The van der Waals surface area contributed by atoms with Gasteiger partial charge in [0.25, 0.3) is 0 Å². The molecule has 224 valence electrons. The molecule has 1 unspecified atom stereocenters. The van der Waals surface area contributed by atoms with E-state index in [4.69, 9.17) is 23.9 Å². The van der Waals surface area contributed by atoms with Gasteiger partial charge in [-0.05, 0) is 85.4 Å². The van der Waals surface area contributed by atoms with Crippen molar-refractivity contribution in [2.75, 3.05) is 45.2 Å². The number of rotatable bonds is 7. The number of benzene rings is 1. The Morgan fingerprint density at radius 2 is 1.78 bits per heavy atom. The molecule has 3 aliphatic rings. The Bertz CT molecular complexity index is 1170. The number of ether oxygens (including phenoxy) is 1. The van der Waals surface area contributed by atoms with Crippen molar-refractivity contribution in [2.45, 2.75) is 84.3 Å². The predicted octanol–water partition coefficient (Wildman–Crippen LogP) is 4.03. The van der Waals surface area contributed by atoms with Gasteiger partial charge >= 0.3 is 7.12 Å². The summed E-state index contributed by atoms with van der Waals surface area (Å²) in [7, 11) is 1.59. The van der Waals surface area contributed by atoms with E-state index in [0.717, 1.165) is 30.8 Å². The van der Waals surface area contributed by atoms with Gasteiger partial charge in [-0.1, -0.05) is 0 Å². The van der Waals surface area contributed by atoms with Crippen LogP contribution < -0.4 is 10.8 Å². The van der Waals surface area contributed by atoms with E-state index in [1.54, 1.807) is 0 Å². The molecular weight excluding hydrogens is 521 g/mol. The van der Waals surface area contributed by atoms with Crippen LogP contribution in [0.3, 0.4) is 0 Å². The average Bonchev–Trinajstić information content (AvgIpc) is 3.50. The van der Waals surface area contributed by atoms with Crippen molar-refractivity contribution < 1.29 is 23.3 Å². The summed E-state index contributed by atoms with van der Waals surface area (Å²) in [5, 5.41) is 11.5. The minimum Gasteiger partial charge on any atom is -0.433 e. The summed E-state index contributed by atoms with van der Waals surface area (Å²) in [5.74, 6) is 0.378. The predicted molar refractivity (Wildman–Crippen MR) is 162 cm³/mol. The molecular formula is C30H46BN5O5. The Kier molecular flexibility index (Phi) is 10.1. The number of carbonyl (C=O) groups is 1. The summed E-state index contributed by atoms with van der Waals surface area (Å²) in [4.78, 5) is 20.3. The second-order valence-corrected chi connectivity index (χ2v) is 12.4. The molecule has 0 aliphatic carbocycles. The van der Waals surface area contributed by atoms with Crippen LogP contribution in [0.2, 0.25) is 0 Å². The van der Waals surface area contributed by atoms with Crippen molar-refractivity contribution in [3.05, 3.63) is 29.7 Å². The first-order valence-electron chi connectivity index (χ1n) is 14.7. The third-order valence-corrected chi connectivity index (χ3v) is 8.51. The zero-order valence-corrected chi connectivity index (χ0v) is 25.7. The molecule has 3 saturated heterocycles.